The van der Waals surface area contributed by atoms with E-state index in [9.17, 15) is 9.59 Å². The highest BCUT2D eigenvalue weighted by molar-refractivity contribution is 7.98. The fraction of sp³-hybridized carbons (Fsp3) is 0.500. The van der Waals surface area contributed by atoms with Crippen molar-refractivity contribution in [3.05, 3.63) is 29.8 Å². The number of carbonyl (C=O) groups excluding carboxylic acids is 1. The standard InChI is InChI=1S/C16H23NO4S/c1-3-12-5-4-6-13(11-12)21-9-7-15(18)17-14(16(19)20)8-10-22-2/h4-6,11,14H,3,7-10H2,1-2H3,(H,17,18)(H,19,20). The minimum Gasteiger partial charge on any atom is -0.493 e. The summed E-state index contributed by atoms with van der Waals surface area (Å²) in [6, 6.07) is 6.88. The van der Waals surface area contributed by atoms with Crippen molar-refractivity contribution in [2.24, 2.45) is 0 Å². The van der Waals surface area contributed by atoms with E-state index in [-0.39, 0.29) is 18.9 Å². The normalized spacial score (nSPS) is 11.7. The fourth-order valence-electron chi connectivity index (χ4n) is 1.88. The molecule has 0 saturated carbocycles. The Hall–Kier alpha value is -1.69. The van der Waals surface area contributed by atoms with Crippen molar-refractivity contribution in [1.82, 2.24) is 5.32 Å². The summed E-state index contributed by atoms with van der Waals surface area (Å²) in [6.45, 7) is 2.29. The zero-order valence-corrected chi connectivity index (χ0v) is 13.8. The van der Waals surface area contributed by atoms with Crippen LogP contribution in [0.15, 0.2) is 24.3 Å². The molecule has 0 radical (unpaired) electrons. The van der Waals surface area contributed by atoms with E-state index in [0.717, 1.165) is 12.2 Å². The smallest absolute Gasteiger partial charge is 0.326 e. The molecule has 122 valence electrons. The Balaban J connectivity index is 2.36. The summed E-state index contributed by atoms with van der Waals surface area (Å²) >= 11 is 1.55. The Labute approximate surface area is 135 Å². The van der Waals surface area contributed by atoms with E-state index >= 15 is 0 Å². The summed E-state index contributed by atoms with van der Waals surface area (Å²) in [5, 5.41) is 11.6. The van der Waals surface area contributed by atoms with Gasteiger partial charge in [-0.2, -0.15) is 11.8 Å². The zero-order chi connectivity index (χ0) is 16.4. The molecular weight excluding hydrogens is 302 g/mol. The molecule has 0 spiro atoms. The van der Waals surface area contributed by atoms with Crippen molar-refractivity contribution in [3.8, 4) is 5.75 Å². The molecule has 1 unspecified atom stereocenters. The van der Waals surface area contributed by atoms with Crippen LogP contribution in [0, 0.1) is 0 Å². The third kappa shape index (κ3) is 6.85. The summed E-state index contributed by atoms with van der Waals surface area (Å²) in [5.41, 5.74) is 1.17. The van der Waals surface area contributed by atoms with Gasteiger partial charge in [0.1, 0.15) is 11.8 Å². The van der Waals surface area contributed by atoms with Gasteiger partial charge in [0.05, 0.1) is 13.0 Å². The van der Waals surface area contributed by atoms with Gasteiger partial charge in [-0.25, -0.2) is 4.79 Å². The molecule has 22 heavy (non-hydrogen) atoms. The SMILES string of the molecule is CCc1cccc(OCCC(=O)NC(CCSC)C(=O)O)c1. The molecule has 0 aliphatic rings. The van der Waals surface area contributed by atoms with Crippen LogP contribution in [0.4, 0.5) is 0 Å². The molecule has 0 aliphatic heterocycles. The lowest BCUT2D eigenvalue weighted by atomic mass is 10.2. The minimum atomic E-state index is -1.00. The topological polar surface area (TPSA) is 75.6 Å². The van der Waals surface area contributed by atoms with Gasteiger partial charge in [0.15, 0.2) is 0 Å². The highest BCUT2D eigenvalue weighted by Crippen LogP contribution is 2.13. The average Bonchev–Trinajstić information content (AvgIpc) is 2.51. The first-order valence-corrected chi connectivity index (χ1v) is 8.69. The zero-order valence-electron chi connectivity index (χ0n) is 13.0. The molecule has 0 heterocycles. The molecule has 0 bridgehead atoms. The van der Waals surface area contributed by atoms with Crippen LogP contribution >= 0.6 is 11.8 Å². The van der Waals surface area contributed by atoms with Gasteiger partial charge >= 0.3 is 5.97 Å². The summed E-state index contributed by atoms with van der Waals surface area (Å²) in [5.74, 6) is 0.112. The quantitative estimate of drug-likeness (QED) is 0.690. The maximum atomic E-state index is 11.8. The van der Waals surface area contributed by atoms with Gasteiger partial charge in [-0.05, 0) is 42.5 Å². The van der Waals surface area contributed by atoms with E-state index in [1.165, 1.54) is 5.56 Å². The number of hydrogen-bond acceptors (Lipinski definition) is 4. The first-order chi connectivity index (χ1) is 10.6. The summed E-state index contributed by atoms with van der Waals surface area (Å²) in [7, 11) is 0. The summed E-state index contributed by atoms with van der Waals surface area (Å²) in [4.78, 5) is 22.8. The first kappa shape index (κ1) is 18.4. The number of rotatable bonds is 10. The van der Waals surface area contributed by atoms with Crippen LogP contribution in [0.3, 0.4) is 0 Å². The van der Waals surface area contributed by atoms with Crippen LogP contribution in [-0.4, -0.2) is 41.6 Å². The number of amides is 1. The van der Waals surface area contributed by atoms with E-state index < -0.39 is 12.0 Å². The predicted octanol–water partition coefficient (Wildman–Crippen LogP) is 2.34. The largest absolute Gasteiger partial charge is 0.493 e. The van der Waals surface area contributed by atoms with Crippen molar-refractivity contribution in [2.75, 3.05) is 18.6 Å². The number of hydrogen-bond donors (Lipinski definition) is 2. The van der Waals surface area contributed by atoms with E-state index in [1.54, 1.807) is 11.8 Å². The van der Waals surface area contributed by atoms with E-state index in [1.807, 2.05) is 30.5 Å². The van der Waals surface area contributed by atoms with E-state index in [2.05, 4.69) is 12.2 Å². The number of nitrogens with one attached hydrogen (secondary N) is 1. The maximum Gasteiger partial charge on any atom is 0.326 e. The van der Waals surface area contributed by atoms with Crippen LogP contribution in [0.25, 0.3) is 0 Å². The van der Waals surface area contributed by atoms with Gasteiger partial charge in [0, 0.05) is 0 Å². The van der Waals surface area contributed by atoms with Gasteiger partial charge in [0.2, 0.25) is 5.91 Å². The van der Waals surface area contributed by atoms with Crippen molar-refractivity contribution < 1.29 is 19.4 Å². The first-order valence-electron chi connectivity index (χ1n) is 7.29. The van der Waals surface area contributed by atoms with E-state index in [4.69, 9.17) is 9.84 Å². The second-order valence-corrected chi connectivity index (χ2v) is 5.82. The lowest BCUT2D eigenvalue weighted by Crippen LogP contribution is -2.41. The molecule has 2 N–H and O–H groups in total. The lowest BCUT2D eigenvalue weighted by Gasteiger charge is -2.14. The number of ether oxygens (including phenoxy) is 1. The molecule has 5 nitrogen and oxygen atoms in total. The van der Waals surface area contributed by atoms with Crippen LogP contribution in [-0.2, 0) is 16.0 Å². The molecule has 1 rings (SSSR count). The summed E-state index contributed by atoms with van der Waals surface area (Å²) in [6.07, 6.45) is 3.38. The molecule has 0 aliphatic carbocycles. The molecule has 1 aromatic carbocycles. The molecule has 1 aromatic rings. The maximum absolute atomic E-state index is 11.8. The third-order valence-electron chi connectivity index (χ3n) is 3.15. The van der Waals surface area contributed by atoms with Crippen LogP contribution in [0.1, 0.15) is 25.3 Å². The third-order valence-corrected chi connectivity index (χ3v) is 3.79. The fourth-order valence-corrected chi connectivity index (χ4v) is 2.35. The lowest BCUT2D eigenvalue weighted by molar-refractivity contribution is -0.141. The predicted molar refractivity (Wildman–Crippen MR) is 88.5 cm³/mol. The number of thioether (sulfide) groups is 1. The van der Waals surface area contributed by atoms with E-state index in [0.29, 0.717) is 12.2 Å². The van der Waals surface area contributed by atoms with Crippen molar-refractivity contribution in [1.29, 1.82) is 0 Å². The van der Waals surface area contributed by atoms with Gasteiger partial charge in [-0.1, -0.05) is 19.1 Å². The second-order valence-electron chi connectivity index (χ2n) is 4.84. The Morgan fingerprint density at radius 3 is 2.82 bits per heavy atom. The number of carboxylic acids is 1. The Kier molecular flexibility index (Phi) is 8.43. The number of aryl methyl sites for hydroxylation is 1. The van der Waals surface area contributed by atoms with Crippen molar-refractivity contribution in [3.63, 3.8) is 0 Å². The molecule has 0 fully saturated rings. The van der Waals surface area contributed by atoms with Crippen molar-refractivity contribution in [2.45, 2.75) is 32.2 Å². The van der Waals surface area contributed by atoms with Gasteiger partial charge < -0.3 is 15.2 Å². The van der Waals surface area contributed by atoms with Crippen molar-refractivity contribution >= 4 is 23.6 Å². The highest BCUT2D eigenvalue weighted by Gasteiger charge is 2.19. The molecule has 1 atom stereocenters. The number of aliphatic carboxylic acids is 1. The summed E-state index contributed by atoms with van der Waals surface area (Å²) < 4.78 is 5.53. The molecule has 0 saturated heterocycles. The van der Waals surface area contributed by atoms with Gasteiger partial charge in [0.25, 0.3) is 0 Å². The van der Waals surface area contributed by atoms with Crippen LogP contribution in [0.2, 0.25) is 0 Å². The second kappa shape index (κ2) is 10.1. The van der Waals surface area contributed by atoms with Crippen LogP contribution < -0.4 is 10.1 Å². The van der Waals surface area contributed by atoms with Gasteiger partial charge in [-0.15, -0.1) is 0 Å². The average molecular weight is 325 g/mol. The molecule has 6 heteroatoms. The Morgan fingerprint density at radius 1 is 1.41 bits per heavy atom. The Bertz CT molecular complexity index is 493. The molecule has 0 aromatic heterocycles. The van der Waals surface area contributed by atoms with Crippen LogP contribution in [0.5, 0.6) is 5.75 Å². The monoisotopic (exact) mass is 325 g/mol. The number of carbonyl (C=O) groups is 2. The Morgan fingerprint density at radius 2 is 2.18 bits per heavy atom. The number of benzene rings is 1. The molecule has 1 amide bonds. The molecular formula is C16H23NO4S. The highest BCUT2D eigenvalue weighted by atomic mass is 32.2. The minimum absolute atomic E-state index is 0.138. The van der Waals surface area contributed by atoms with Gasteiger partial charge in [-0.3, -0.25) is 4.79 Å². The number of carboxylic acid groups (broad SMARTS) is 1.